The average Bonchev–Trinajstić information content (AvgIpc) is 3.97. The van der Waals surface area contributed by atoms with Gasteiger partial charge in [0.2, 0.25) is 0 Å². The van der Waals surface area contributed by atoms with E-state index in [1.807, 2.05) is 53.8 Å². The molecule has 2 bridgehead atoms. The van der Waals surface area contributed by atoms with Crippen LogP contribution in [0.1, 0.15) is 79.3 Å². The topological polar surface area (TPSA) is 86.2 Å². The zero-order valence-corrected chi connectivity index (χ0v) is 34.3. The fraction of sp³-hybridized carbons (Fsp3) is 0.241. The van der Waals surface area contributed by atoms with Crippen molar-refractivity contribution < 1.29 is 0 Å². The van der Waals surface area contributed by atoms with Crippen LogP contribution in [0.15, 0.2) is 127 Å². The first-order valence-corrected chi connectivity index (χ1v) is 22.0. The van der Waals surface area contributed by atoms with Gasteiger partial charge in [-0.1, -0.05) is 111 Å². The molecule has 0 N–H and O–H groups in total. The molecule has 0 amide bonds. The number of rotatable bonds is 5. The summed E-state index contributed by atoms with van der Waals surface area (Å²) < 4.78 is 2.54. The lowest BCUT2D eigenvalue weighted by Gasteiger charge is -2.73. The second-order valence-corrected chi connectivity index (χ2v) is 20.0. The first kappa shape index (κ1) is 34.4. The lowest BCUT2D eigenvalue weighted by atomic mass is 9.30. The van der Waals surface area contributed by atoms with Crippen LogP contribution in [0.25, 0.3) is 65.5 Å². The molecule has 5 atom stereocenters. The highest BCUT2D eigenvalue weighted by Crippen LogP contribution is 2.89. The number of aromatic nitrogens is 3. The van der Waals surface area contributed by atoms with Gasteiger partial charge in [-0.05, 0) is 118 Å². The number of hydrogen-bond donors (Lipinski definition) is 0. The molecule has 5 unspecified atom stereocenters. The van der Waals surface area contributed by atoms with Gasteiger partial charge in [-0.15, -0.1) is 11.3 Å². The fourth-order valence-electron chi connectivity index (χ4n) is 13.6. The summed E-state index contributed by atoms with van der Waals surface area (Å²) >= 11 is 1.83. The van der Waals surface area contributed by atoms with Crippen molar-refractivity contribution in [2.24, 2.45) is 17.3 Å². The van der Waals surface area contributed by atoms with E-state index in [0.29, 0.717) is 28.5 Å². The molecule has 0 aliphatic heterocycles. The van der Waals surface area contributed by atoms with Gasteiger partial charge in [0, 0.05) is 47.7 Å². The summed E-state index contributed by atoms with van der Waals surface area (Å²) in [7, 11) is 0. The number of fused-ring (bicyclic) bond motifs is 7. The Morgan fingerprint density at radius 2 is 1.25 bits per heavy atom. The Morgan fingerprint density at radius 3 is 2.02 bits per heavy atom. The van der Waals surface area contributed by atoms with E-state index < -0.39 is 0 Å². The summed E-state index contributed by atoms with van der Waals surface area (Å²) in [6.07, 6.45) is 6.47. The predicted octanol–water partition coefficient (Wildman–Crippen LogP) is 12.7. The highest BCUT2D eigenvalue weighted by Gasteiger charge is 2.84. The third-order valence-electron chi connectivity index (χ3n) is 16.1. The molecule has 0 saturated heterocycles. The molecule has 2 heterocycles. The van der Waals surface area contributed by atoms with Crippen LogP contribution in [0, 0.1) is 39.9 Å². The molecule has 286 valence electrons. The first-order chi connectivity index (χ1) is 29.2. The molecule has 5 aliphatic carbocycles. The van der Waals surface area contributed by atoms with Crippen molar-refractivity contribution in [2.45, 2.75) is 62.2 Å². The van der Waals surface area contributed by atoms with Crippen LogP contribution in [0.5, 0.6) is 0 Å². The second-order valence-electron chi connectivity index (χ2n) is 18.9. The van der Waals surface area contributed by atoms with E-state index in [1.54, 1.807) is 0 Å². The predicted molar refractivity (Wildman–Crippen MR) is 238 cm³/mol. The SMILES string of the molecule is CC1(C)c2cc(C#N)ccc2-c2c(-c3nc(-c4ccccc4)nc(-c4ccc(C56CC7CC8CC(c9ccc%10c(c9)sc9cc(C#N)ccc9%10)(C5)CC876)cc4)n3)cccc21. The number of benzene rings is 6. The second kappa shape index (κ2) is 11.6. The largest absolute Gasteiger partial charge is 0.208 e. The van der Waals surface area contributed by atoms with Crippen molar-refractivity contribution in [3.05, 3.63) is 161 Å². The highest BCUT2D eigenvalue weighted by molar-refractivity contribution is 7.25. The van der Waals surface area contributed by atoms with Crippen molar-refractivity contribution in [3.63, 3.8) is 0 Å². The Morgan fingerprint density at radius 1 is 0.583 bits per heavy atom. The van der Waals surface area contributed by atoms with Crippen LogP contribution in [-0.2, 0) is 16.2 Å². The summed E-state index contributed by atoms with van der Waals surface area (Å²) in [5.74, 6) is 3.60. The van der Waals surface area contributed by atoms with Crippen molar-refractivity contribution in [1.82, 2.24) is 15.0 Å². The molecule has 1 spiro atoms. The maximum absolute atomic E-state index is 9.76. The van der Waals surface area contributed by atoms with E-state index in [1.165, 1.54) is 69.0 Å². The third-order valence-corrected chi connectivity index (χ3v) is 17.2. The average molecular weight is 790 g/mol. The molecule has 13 rings (SSSR count). The van der Waals surface area contributed by atoms with E-state index in [0.717, 1.165) is 50.8 Å². The summed E-state index contributed by atoms with van der Waals surface area (Å²) in [5, 5.41) is 21.8. The molecule has 2 aromatic heterocycles. The molecular formula is C54H39N5S. The quantitative estimate of drug-likeness (QED) is 0.173. The molecule has 60 heavy (non-hydrogen) atoms. The maximum atomic E-state index is 9.76. The zero-order valence-electron chi connectivity index (χ0n) is 33.5. The molecule has 4 saturated carbocycles. The van der Waals surface area contributed by atoms with Crippen LogP contribution in [0.4, 0.5) is 0 Å². The summed E-state index contributed by atoms with van der Waals surface area (Å²) in [4.78, 5) is 15.6. The lowest BCUT2D eigenvalue weighted by molar-refractivity contribution is -0.199. The van der Waals surface area contributed by atoms with Gasteiger partial charge in [0.1, 0.15) is 0 Å². The number of nitriles is 2. The van der Waals surface area contributed by atoms with E-state index in [-0.39, 0.29) is 16.2 Å². The van der Waals surface area contributed by atoms with E-state index in [9.17, 15) is 10.5 Å². The Labute approximate surface area is 353 Å². The minimum Gasteiger partial charge on any atom is -0.208 e. The number of hydrogen-bond acceptors (Lipinski definition) is 6. The molecule has 6 heteroatoms. The van der Waals surface area contributed by atoms with Crippen LogP contribution >= 0.6 is 11.3 Å². The Bertz CT molecular complexity index is 3280. The van der Waals surface area contributed by atoms with Crippen molar-refractivity contribution in [1.29, 1.82) is 10.5 Å². The zero-order chi connectivity index (χ0) is 40.2. The smallest absolute Gasteiger partial charge is 0.164 e. The van der Waals surface area contributed by atoms with Gasteiger partial charge in [0.25, 0.3) is 0 Å². The van der Waals surface area contributed by atoms with Gasteiger partial charge in [-0.3, -0.25) is 0 Å². The van der Waals surface area contributed by atoms with E-state index in [4.69, 9.17) is 15.0 Å². The Hall–Kier alpha value is -6.47. The van der Waals surface area contributed by atoms with E-state index in [2.05, 4.69) is 111 Å². The molecule has 4 fully saturated rings. The van der Waals surface area contributed by atoms with Crippen LogP contribution in [-0.4, -0.2) is 15.0 Å². The molecule has 5 nitrogen and oxygen atoms in total. The van der Waals surface area contributed by atoms with Crippen LogP contribution in [0.3, 0.4) is 0 Å². The molecular weight excluding hydrogens is 751 g/mol. The third kappa shape index (κ3) is 4.27. The van der Waals surface area contributed by atoms with Gasteiger partial charge in [-0.25, -0.2) is 15.0 Å². The van der Waals surface area contributed by atoms with Gasteiger partial charge in [-0.2, -0.15) is 10.5 Å². The molecule has 8 aromatic rings. The fourth-order valence-corrected chi connectivity index (χ4v) is 14.7. The van der Waals surface area contributed by atoms with Crippen molar-refractivity contribution >= 4 is 31.5 Å². The normalized spacial score (nSPS) is 25.8. The standard InChI is InChI=1S/C54H39N5S/c1-51(2)43-10-6-9-42(47(43)41-19-12-31(27-55)21-44(41)51)50-58-48(33-7-4-3-5-8-33)57-49(59-50)34-13-15-35(16-14-34)53-26-38-23-37-25-52(29-53,30-54(37,38)53)36-17-20-40-39-18-11-32(28-56)22-45(39)60-46(40)24-36/h3-22,24,37-38H,23,25-26,29-30H2,1-2H3. The maximum Gasteiger partial charge on any atom is 0.164 e. The van der Waals surface area contributed by atoms with Gasteiger partial charge in [0.15, 0.2) is 17.5 Å². The Kier molecular flexibility index (Phi) is 6.67. The van der Waals surface area contributed by atoms with Crippen LogP contribution < -0.4 is 0 Å². The van der Waals surface area contributed by atoms with E-state index >= 15 is 0 Å². The minimum absolute atomic E-state index is 0.198. The van der Waals surface area contributed by atoms with Gasteiger partial charge < -0.3 is 0 Å². The minimum atomic E-state index is -0.271. The Balaban J connectivity index is 0.893. The molecule has 5 aliphatic rings. The van der Waals surface area contributed by atoms with Crippen molar-refractivity contribution in [3.8, 4) is 57.4 Å². The summed E-state index contributed by atoms with van der Waals surface area (Å²) in [6.45, 7) is 4.48. The first-order valence-electron chi connectivity index (χ1n) is 21.2. The molecule has 6 aromatic carbocycles. The van der Waals surface area contributed by atoms with Crippen LogP contribution in [0.2, 0.25) is 0 Å². The number of thiophene rings is 1. The highest BCUT2D eigenvalue weighted by atomic mass is 32.1. The lowest BCUT2D eigenvalue weighted by Crippen LogP contribution is -2.69. The van der Waals surface area contributed by atoms with Gasteiger partial charge >= 0.3 is 0 Å². The van der Waals surface area contributed by atoms with Crippen molar-refractivity contribution in [2.75, 3.05) is 0 Å². The number of nitrogens with zero attached hydrogens (tertiary/aromatic N) is 5. The molecule has 0 radical (unpaired) electrons. The monoisotopic (exact) mass is 789 g/mol. The summed E-state index contributed by atoms with van der Waals surface area (Å²) in [5.41, 5.74) is 12.5. The van der Waals surface area contributed by atoms with Gasteiger partial charge in [0.05, 0.1) is 23.3 Å². The summed E-state index contributed by atoms with van der Waals surface area (Å²) in [6, 6.07) is 50.2.